The molecule has 0 amide bonds. The van der Waals surface area contributed by atoms with Crippen LogP contribution in [0.2, 0.25) is 0 Å². The zero-order chi connectivity index (χ0) is 28.7. The molecule has 36 heavy (non-hydrogen) atoms. The number of aromatic carboxylic acids is 2. The van der Waals surface area contributed by atoms with Crippen molar-refractivity contribution in [1.29, 1.82) is 0 Å². The third-order valence-electron chi connectivity index (χ3n) is 6.30. The van der Waals surface area contributed by atoms with E-state index >= 15 is 0 Å². The summed E-state index contributed by atoms with van der Waals surface area (Å²) in [7, 11) is 0. The second-order valence-corrected chi connectivity index (χ2v) is 8.38. The number of aliphatic hydroxyl groups excluding tert-OH is 6. The number of benzene rings is 1. The molecule has 10 N–H and O–H groups in total. The van der Waals surface area contributed by atoms with Gasteiger partial charge in [-0.2, -0.15) is 0 Å². The van der Waals surface area contributed by atoms with Crippen LogP contribution in [0.3, 0.4) is 0 Å². The van der Waals surface area contributed by atoms with E-state index in [0.29, 0.717) is 12.8 Å². The van der Waals surface area contributed by atoms with Gasteiger partial charge in [0.15, 0.2) is 0 Å². The van der Waals surface area contributed by atoms with Crippen LogP contribution in [-0.2, 0) is 12.8 Å². The molecule has 12 nitrogen and oxygen atoms in total. The summed E-state index contributed by atoms with van der Waals surface area (Å²) in [5.41, 5.74) is -2.35. The van der Waals surface area contributed by atoms with Gasteiger partial charge in [-0.15, -0.1) is 0 Å². The van der Waals surface area contributed by atoms with Crippen molar-refractivity contribution in [1.82, 2.24) is 0 Å². The number of hydrogen-bond acceptors (Lipinski definition) is 10. The van der Waals surface area contributed by atoms with Gasteiger partial charge in [-0.3, -0.25) is 0 Å². The maximum Gasteiger partial charge on any atom is 0.339 e. The van der Waals surface area contributed by atoms with Gasteiger partial charge in [-0.05, 0) is 25.7 Å². The SMILES string of the molecule is CCC(CO)(CO)CO.CCC(CO)(CO)CO.CCc1c(O)c(C(=O)O)c(CC)c(O)c1C(=O)O. The molecule has 0 saturated carbocycles. The Kier molecular flexibility index (Phi) is 16.9. The topological polar surface area (TPSA) is 236 Å². The Balaban J connectivity index is 0. The highest BCUT2D eigenvalue weighted by molar-refractivity contribution is 6.00. The van der Waals surface area contributed by atoms with Crippen molar-refractivity contribution in [2.24, 2.45) is 10.8 Å². The second kappa shape index (κ2) is 17.1. The fourth-order valence-corrected chi connectivity index (χ4v) is 2.94. The number of aromatic hydroxyl groups is 2. The monoisotopic (exact) mass is 522 g/mol. The lowest BCUT2D eigenvalue weighted by atomic mass is 9.88. The molecular formula is C24H42O12. The number of hydrogen-bond donors (Lipinski definition) is 10. The van der Waals surface area contributed by atoms with Gasteiger partial charge >= 0.3 is 11.9 Å². The first kappa shape index (κ1) is 35.7. The smallest absolute Gasteiger partial charge is 0.339 e. The molecular weight excluding hydrogens is 480 g/mol. The highest BCUT2D eigenvalue weighted by atomic mass is 16.4. The van der Waals surface area contributed by atoms with Crippen molar-refractivity contribution in [3.63, 3.8) is 0 Å². The average molecular weight is 523 g/mol. The number of aliphatic hydroxyl groups is 6. The molecule has 0 aliphatic rings. The van der Waals surface area contributed by atoms with Gasteiger partial charge in [0.05, 0.1) is 39.6 Å². The number of carbonyl (C=O) groups is 2. The predicted molar refractivity (Wildman–Crippen MR) is 130 cm³/mol. The molecule has 0 atom stereocenters. The van der Waals surface area contributed by atoms with Crippen molar-refractivity contribution >= 4 is 11.9 Å². The fraction of sp³-hybridized carbons (Fsp3) is 0.667. The molecule has 1 aromatic rings. The minimum Gasteiger partial charge on any atom is -0.507 e. The normalized spacial score (nSPS) is 11.2. The first-order valence-electron chi connectivity index (χ1n) is 11.6. The third kappa shape index (κ3) is 8.87. The van der Waals surface area contributed by atoms with Crippen LogP contribution in [-0.4, -0.2) is 103 Å². The van der Waals surface area contributed by atoms with E-state index < -0.39 is 45.4 Å². The summed E-state index contributed by atoms with van der Waals surface area (Å²) >= 11 is 0. The zero-order valence-corrected chi connectivity index (χ0v) is 21.4. The molecule has 0 heterocycles. The first-order chi connectivity index (χ1) is 16.8. The Labute approximate surface area is 210 Å². The summed E-state index contributed by atoms with van der Waals surface area (Å²) in [6.07, 6.45) is 1.39. The van der Waals surface area contributed by atoms with Crippen LogP contribution in [0, 0.1) is 10.8 Å². The predicted octanol–water partition coefficient (Wildman–Crippen LogP) is 0.338. The van der Waals surface area contributed by atoms with Crippen molar-refractivity contribution in [3.8, 4) is 11.5 Å². The molecule has 12 heteroatoms. The molecule has 0 aliphatic carbocycles. The minimum atomic E-state index is -1.40. The van der Waals surface area contributed by atoms with E-state index in [0.717, 1.165) is 0 Å². The molecule has 0 spiro atoms. The summed E-state index contributed by atoms with van der Waals surface area (Å²) in [5, 5.41) is 89.7. The zero-order valence-electron chi connectivity index (χ0n) is 21.4. The molecule has 0 aromatic heterocycles. The van der Waals surface area contributed by atoms with Gasteiger partial charge in [-0.1, -0.05) is 27.7 Å². The summed E-state index contributed by atoms with van der Waals surface area (Å²) in [6, 6.07) is 0. The minimum absolute atomic E-state index is 0.0744. The number of rotatable bonds is 12. The lowest BCUT2D eigenvalue weighted by Gasteiger charge is -2.24. The Morgan fingerprint density at radius 1 is 0.556 bits per heavy atom. The van der Waals surface area contributed by atoms with E-state index in [4.69, 9.17) is 40.9 Å². The maximum absolute atomic E-state index is 11.1. The standard InChI is InChI=1S/C12H14O6.2C6H14O3/c1-3-5-7(11(15)16)10(14)6(4-2)8(9(5)13)12(17)18;2*1-2-6(3-7,4-8)5-9/h13-14H,3-4H2,1-2H3,(H,15,16)(H,17,18);2*7-9H,2-5H2,1H3. The van der Waals surface area contributed by atoms with Crippen molar-refractivity contribution < 1.29 is 60.7 Å². The Hall–Kier alpha value is -2.48. The van der Waals surface area contributed by atoms with Crippen LogP contribution >= 0.6 is 0 Å². The van der Waals surface area contributed by atoms with Gasteiger partial charge in [-0.25, -0.2) is 9.59 Å². The number of phenols is 2. The van der Waals surface area contributed by atoms with Gasteiger partial charge in [0, 0.05) is 22.0 Å². The second-order valence-electron chi connectivity index (χ2n) is 8.38. The molecule has 0 bridgehead atoms. The first-order valence-corrected chi connectivity index (χ1v) is 11.6. The Bertz CT molecular complexity index is 711. The van der Waals surface area contributed by atoms with Crippen LogP contribution in [0.25, 0.3) is 0 Å². The molecule has 1 aromatic carbocycles. The quantitative estimate of drug-likeness (QED) is 0.167. The molecule has 0 fully saturated rings. The van der Waals surface area contributed by atoms with Gasteiger partial charge in [0.2, 0.25) is 0 Å². The van der Waals surface area contributed by atoms with Gasteiger partial charge < -0.3 is 51.1 Å². The number of carboxylic acids is 2. The van der Waals surface area contributed by atoms with Crippen molar-refractivity contribution in [2.45, 2.75) is 53.4 Å². The largest absolute Gasteiger partial charge is 0.507 e. The molecule has 0 radical (unpaired) electrons. The summed E-state index contributed by atoms with van der Waals surface area (Å²) in [5.74, 6) is -3.97. The van der Waals surface area contributed by atoms with Crippen LogP contribution in [0.5, 0.6) is 11.5 Å². The number of carboxylic acid groups (broad SMARTS) is 2. The summed E-state index contributed by atoms with van der Waals surface area (Å²) in [4.78, 5) is 22.2. The van der Waals surface area contributed by atoms with E-state index in [1.54, 1.807) is 13.8 Å². The lowest BCUT2D eigenvalue weighted by Crippen LogP contribution is -2.32. The van der Waals surface area contributed by atoms with Crippen LogP contribution < -0.4 is 0 Å². The lowest BCUT2D eigenvalue weighted by molar-refractivity contribution is 0.00275. The van der Waals surface area contributed by atoms with Crippen molar-refractivity contribution in [2.75, 3.05) is 39.6 Å². The maximum atomic E-state index is 11.1. The van der Waals surface area contributed by atoms with Crippen LogP contribution in [0.15, 0.2) is 0 Å². The van der Waals surface area contributed by atoms with Crippen molar-refractivity contribution in [3.05, 3.63) is 22.3 Å². The Morgan fingerprint density at radius 3 is 0.861 bits per heavy atom. The Morgan fingerprint density at radius 2 is 0.778 bits per heavy atom. The summed E-state index contributed by atoms with van der Waals surface area (Å²) < 4.78 is 0. The van der Waals surface area contributed by atoms with E-state index in [-0.39, 0.29) is 63.6 Å². The van der Waals surface area contributed by atoms with Gasteiger partial charge in [0.1, 0.15) is 22.6 Å². The van der Waals surface area contributed by atoms with E-state index in [9.17, 15) is 19.8 Å². The molecule has 210 valence electrons. The highest BCUT2D eigenvalue weighted by Gasteiger charge is 2.29. The average Bonchev–Trinajstić information content (AvgIpc) is 2.88. The molecule has 0 aliphatic heterocycles. The third-order valence-corrected chi connectivity index (χ3v) is 6.30. The summed E-state index contributed by atoms with van der Waals surface area (Å²) in [6.45, 7) is 5.84. The van der Waals surface area contributed by atoms with Crippen LogP contribution in [0.1, 0.15) is 72.4 Å². The van der Waals surface area contributed by atoms with E-state index in [2.05, 4.69) is 0 Å². The van der Waals surface area contributed by atoms with Crippen LogP contribution in [0.4, 0.5) is 0 Å². The molecule has 1 rings (SSSR count). The van der Waals surface area contributed by atoms with Gasteiger partial charge in [0.25, 0.3) is 0 Å². The fourth-order valence-electron chi connectivity index (χ4n) is 2.94. The van der Waals surface area contributed by atoms with E-state index in [1.807, 2.05) is 13.8 Å². The van der Waals surface area contributed by atoms with E-state index in [1.165, 1.54) is 0 Å². The molecule has 0 saturated heterocycles. The molecule has 0 unspecified atom stereocenters. The highest BCUT2D eigenvalue weighted by Crippen LogP contribution is 2.38.